The van der Waals surface area contributed by atoms with Gasteiger partial charge in [0.15, 0.2) is 5.60 Å². The van der Waals surface area contributed by atoms with Gasteiger partial charge in [-0.2, -0.15) is 0 Å². The fourth-order valence-electron chi connectivity index (χ4n) is 0.998. The van der Waals surface area contributed by atoms with Gasteiger partial charge in [0.05, 0.1) is 0 Å². The lowest BCUT2D eigenvalue weighted by atomic mass is 10.1. The molecule has 0 unspecified atom stereocenters. The van der Waals surface area contributed by atoms with Crippen molar-refractivity contribution in [2.75, 3.05) is 6.54 Å². The van der Waals surface area contributed by atoms with E-state index in [1.165, 1.54) is 4.90 Å². The summed E-state index contributed by atoms with van der Waals surface area (Å²) in [6.45, 7) is 5.89. The molecule has 0 bridgehead atoms. The van der Waals surface area contributed by atoms with Crippen molar-refractivity contribution in [2.45, 2.75) is 26.4 Å². The summed E-state index contributed by atoms with van der Waals surface area (Å²) >= 11 is 4.85. The third kappa shape index (κ3) is 1.22. The van der Waals surface area contributed by atoms with Gasteiger partial charge in [-0.25, -0.2) is 0 Å². The zero-order valence-corrected chi connectivity index (χ0v) is 7.70. The van der Waals surface area contributed by atoms with Crippen LogP contribution in [0.2, 0.25) is 0 Å². The Morgan fingerprint density at radius 1 is 1.64 bits per heavy atom. The number of rotatable bonds is 1. The molecule has 1 amide bonds. The van der Waals surface area contributed by atoms with Crippen molar-refractivity contribution < 1.29 is 9.53 Å². The summed E-state index contributed by atoms with van der Waals surface area (Å²) in [5.74, 6) is -0.0509. The number of hydrogen-bond acceptors (Lipinski definition) is 3. The highest BCUT2D eigenvalue weighted by atomic mass is 32.1. The molecule has 1 aliphatic rings. The van der Waals surface area contributed by atoms with E-state index in [2.05, 4.69) is 0 Å². The van der Waals surface area contributed by atoms with Crippen LogP contribution in [0.15, 0.2) is 0 Å². The molecule has 0 saturated carbocycles. The highest BCUT2D eigenvalue weighted by Gasteiger charge is 2.43. The van der Waals surface area contributed by atoms with Crippen molar-refractivity contribution in [2.24, 2.45) is 0 Å². The molecule has 62 valence electrons. The highest BCUT2D eigenvalue weighted by molar-refractivity contribution is 7.80. The summed E-state index contributed by atoms with van der Waals surface area (Å²) < 4.78 is 5.17. The van der Waals surface area contributed by atoms with E-state index >= 15 is 0 Å². The van der Waals surface area contributed by atoms with Crippen LogP contribution in [0.25, 0.3) is 0 Å². The van der Waals surface area contributed by atoms with Crippen LogP contribution in [0.5, 0.6) is 0 Å². The first-order valence-corrected chi connectivity index (χ1v) is 3.95. The van der Waals surface area contributed by atoms with Crippen molar-refractivity contribution in [1.29, 1.82) is 0 Å². The Labute approximate surface area is 71.3 Å². The fraction of sp³-hybridized carbons (Fsp3) is 0.714. The summed E-state index contributed by atoms with van der Waals surface area (Å²) in [6.07, 6.45) is 0. The summed E-state index contributed by atoms with van der Waals surface area (Å²) in [4.78, 5) is 12.8. The van der Waals surface area contributed by atoms with E-state index in [1.54, 1.807) is 13.8 Å². The Bertz CT molecular complexity index is 212. The molecule has 0 N–H and O–H groups in total. The van der Waals surface area contributed by atoms with E-state index in [1.807, 2.05) is 6.92 Å². The van der Waals surface area contributed by atoms with Crippen LogP contribution < -0.4 is 0 Å². The maximum atomic E-state index is 11.4. The first kappa shape index (κ1) is 8.46. The van der Waals surface area contributed by atoms with Gasteiger partial charge in [0.2, 0.25) is 0 Å². The van der Waals surface area contributed by atoms with Crippen molar-refractivity contribution in [3.63, 3.8) is 0 Å². The molecule has 1 fully saturated rings. The Balaban J connectivity index is 2.88. The van der Waals surface area contributed by atoms with E-state index in [4.69, 9.17) is 17.0 Å². The minimum atomic E-state index is -0.757. The second kappa shape index (κ2) is 2.44. The van der Waals surface area contributed by atoms with Crippen LogP contribution in [0.3, 0.4) is 0 Å². The summed E-state index contributed by atoms with van der Waals surface area (Å²) in [6, 6.07) is 0. The van der Waals surface area contributed by atoms with E-state index in [0.29, 0.717) is 11.7 Å². The lowest BCUT2D eigenvalue weighted by molar-refractivity contribution is -0.134. The maximum Gasteiger partial charge on any atom is 0.273 e. The highest BCUT2D eigenvalue weighted by Crippen LogP contribution is 2.22. The first-order chi connectivity index (χ1) is 4.99. The molecular formula is C7H11NO2S. The molecule has 11 heavy (non-hydrogen) atoms. The average molecular weight is 173 g/mol. The number of hydrogen-bond donors (Lipinski definition) is 0. The van der Waals surface area contributed by atoms with Gasteiger partial charge in [-0.05, 0) is 33.0 Å². The number of carbonyl (C=O) groups excluding carboxylic acids is 1. The van der Waals surface area contributed by atoms with Gasteiger partial charge in [0.25, 0.3) is 11.1 Å². The minimum absolute atomic E-state index is 0.0509. The van der Waals surface area contributed by atoms with E-state index < -0.39 is 5.60 Å². The quantitative estimate of drug-likeness (QED) is 0.552. The number of carbonyl (C=O) groups is 1. The zero-order chi connectivity index (χ0) is 8.65. The van der Waals surface area contributed by atoms with Crippen molar-refractivity contribution in [3.8, 4) is 0 Å². The smallest absolute Gasteiger partial charge is 0.273 e. The van der Waals surface area contributed by atoms with Gasteiger partial charge in [-0.15, -0.1) is 0 Å². The predicted molar refractivity (Wildman–Crippen MR) is 45.1 cm³/mol. The van der Waals surface area contributed by atoms with Crippen LogP contribution >= 0.6 is 12.2 Å². The largest absolute Gasteiger partial charge is 0.454 e. The summed E-state index contributed by atoms with van der Waals surface area (Å²) in [5, 5.41) is 0.294. The molecule has 1 saturated heterocycles. The van der Waals surface area contributed by atoms with E-state index in [9.17, 15) is 4.79 Å². The number of amides is 1. The van der Waals surface area contributed by atoms with Crippen LogP contribution in [0, 0.1) is 0 Å². The molecule has 0 aromatic carbocycles. The van der Waals surface area contributed by atoms with Crippen LogP contribution in [-0.2, 0) is 9.53 Å². The lowest BCUT2D eigenvalue weighted by Gasteiger charge is -2.12. The molecular weight excluding hydrogens is 162 g/mol. The molecule has 0 aliphatic carbocycles. The minimum Gasteiger partial charge on any atom is -0.454 e. The second-order valence-corrected chi connectivity index (χ2v) is 3.28. The Hall–Kier alpha value is -0.640. The van der Waals surface area contributed by atoms with Gasteiger partial charge < -0.3 is 4.74 Å². The molecule has 0 aromatic rings. The molecule has 1 rings (SSSR count). The number of nitrogens with zero attached hydrogens (tertiary/aromatic N) is 1. The normalized spacial score (nSPS) is 22.3. The van der Waals surface area contributed by atoms with E-state index in [-0.39, 0.29) is 5.91 Å². The Kier molecular flexibility index (Phi) is 1.88. The number of thiocarbonyl (C=S) groups is 1. The fourth-order valence-corrected chi connectivity index (χ4v) is 1.42. The standard InChI is InChI=1S/C7H11NO2S/c1-4-8-5(9)7(2,3)10-6(8)11/h4H2,1-3H3. The van der Waals surface area contributed by atoms with Gasteiger partial charge in [-0.3, -0.25) is 9.69 Å². The molecule has 0 aromatic heterocycles. The van der Waals surface area contributed by atoms with Gasteiger partial charge in [0, 0.05) is 6.54 Å². The predicted octanol–water partition coefficient (Wildman–Crippen LogP) is 0.929. The van der Waals surface area contributed by atoms with Crippen LogP contribution in [-0.4, -0.2) is 28.1 Å². The van der Waals surface area contributed by atoms with Gasteiger partial charge in [-0.1, -0.05) is 0 Å². The van der Waals surface area contributed by atoms with Crippen molar-refractivity contribution in [1.82, 2.24) is 4.90 Å². The SMILES string of the molecule is CCN1C(=O)C(C)(C)OC1=S. The zero-order valence-electron chi connectivity index (χ0n) is 6.88. The maximum absolute atomic E-state index is 11.4. The van der Waals surface area contributed by atoms with Crippen molar-refractivity contribution in [3.05, 3.63) is 0 Å². The molecule has 0 atom stereocenters. The molecule has 1 heterocycles. The molecule has 0 radical (unpaired) electrons. The summed E-state index contributed by atoms with van der Waals surface area (Å²) in [5.41, 5.74) is -0.757. The number of likely N-dealkylation sites (N-methyl/N-ethyl adjacent to an activating group) is 1. The van der Waals surface area contributed by atoms with Crippen LogP contribution in [0.1, 0.15) is 20.8 Å². The summed E-state index contributed by atoms with van der Waals surface area (Å²) in [7, 11) is 0. The van der Waals surface area contributed by atoms with E-state index in [0.717, 1.165) is 0 Å². The first-order valence-electron chi connectivity index (χ1n) is 3.54. The molecule has 3 nitrogen and oxygen atoms in total. The Morgan fingerprint density at radius 3 is 2.36 bits per heavy atom. The molecule has 4 heteroatoms. The third-order valence-electron chi connectivity index (χ3n) is 1.64. The molecule has 1 aliphatic heterocycles. The Morgan fingerprint density at radius 2 is 2.18 bits per heavy atom. The topological polar surface area (TPSA) is 29.5 Å². The van der Waals surface area contributed by atoms with Gasteiger partial charge >= 0.3 is 0 Å². The van der Waals surface area contributed by atoms with Crippen molar-refractivity contribution >= 4 is 23.3 Å². The number of ether oxygens (including phenoxy) is 1. The van der Waals surface area contributed by atoms with Gasteiger partial charge in [0.1, 0.15) is 0 Å². The lowest BCUT2D eigenvalue weighted by Crippen LogP contribution is -2.35. The van der Waals surface area contributed by atoms with Crippen LogP contribution in [0.4, 0.5) is 0 Å². The third-order valence-corrected chi connectivity index (χ3v) is 1.94. The monoisotopic (exact) mass is 173 g/mol. The average Bonchev–Trinajstić information content (AvgIpc) is 2.04. The second-order valence-electron chi connectivity index (χ2n) is 2.93. The molecule has 0 spiro atoms.